The standard InChI is InChI=1S/C16H18N2O3/c1-11(2)21-15(19)9-10-17-16(20)14-8-7-12-5-3-4-6-13(12)18-14/h3-8,11H,9-10H2,1-2H3,(H,17,20). The summed E-state index contributed by atoms with van der Waals surface area (Å²) >= 11 is 0. The van der Waals surface area contributed by atoms with Gasteiger partial charge in [-0.2, -0.15) is 0 Å². The number of nitrogens with one attached hydrogen (secondary N) is 1. The van der Waals surface area contributed by atoms with E-state index in [1.807, 2.05) is 30.3 Å². The summed E-state index contributed by atoms with van der Waals surface area (Å²) in [5.74, 6) is -0.616. The predicted octanol–water partition coefficient (Wildman–Crippen LogP) is 2.31. The van der Waals surface area contributed by atoms with Gasteiger partial charge in [-0.05, 0) is 26.0 Å². The molecule has 0 fully saturated rings. The summed E-state index contributed by atoms with van der Waals surface area (Å²) in [5, 5.41) is 3.65. The summed E-state index contributed by atoms with van der Waals surface area (Å²) in [6.45, 7) is 3.81. The van der Waals surface area contributed by atoms with Crippen molar-refractivity contribution in [3.05, 3.63) is 42.1 Å². The highest BCUT2D eigenvalue weighted by atomic mass is 16.5. The summed E-state index contributed by atoms with van der Waals surface area (Å²) in [6, 6.07) is 11.1. The van der Waals surface area contributed by atoms with Crippen LogP contribution in [0.25, 0.3) is 10.9 Å². The van der Waals surface area contributed by atoms with Crippen LogP contribution in [0.4, 0.5) is 0 Å². The number of benzene rings is 1. The Labute approximate surface area is 123 Å². The number of ether oxygens (including phenoxy) is 1. The summed E-state index contributed by atoms with van der Waals surface area (Å²) in [5.41, 5.74) is 1.11. The molecule has 1 aromatic carbocycles. The van der Waals surface area contributed by atoms with Crippen LogP contribution < -0.4 is 5.32 Å². The highest BCUT2D eigenvalue weighted by Crippen LogP contribution is 2.11. The topological polar surface area (TPSA) is 68.3 Å². The summed E-state index contributed by atoms with van der Waals surface area (Å²) < 4.78 is 4.99. The molecule has 0 saturated heterocycles. The summed E-state index contributed by atoms with van der Waals surface area (Å²) in [6.07, 6.45) is 0.00711. The van der Waals surface area contributed by atoms with Gasteiger partial charge in [-0.1, -0.05) is 24.3 Å². The van der Waals surface area contributed by atoms with E-state index in [2.05, 4.69) is 10.3 Å². The number of pyridine rings is 1. The van der Waals surface area contributed by atoms with Gasteiger partial charge in [0.25, 0.3) is 5.91 Å². The molecule has 0 aliphatic rings. The highest BCUT2D eigenvalue weighted by molar-refractivity contribution is 5.95. The van der Waals surface area contributed by atoms with Gasteiger partial charge in [0.1, 0.15) is 5.69 Å². The van der Waals surface area contributed by atoms with Crippen molar-refractivity contribution in [2.45, 2.75) is 26.4 Å². The van der Waals surface area contributed by atoms with Crippen molar-refractivity contribution in [2.24, 2.45) is 0 Å². The molecule has 0 saturated carbocycles. The monoisotopic (exact) mass is 286 g/mol. The molecule has 0 spiro atoms. The average molecular weight is 286 g/mol. The first-order chi connectivity index (χ1) is 10.1. The minimum Gasteiger partial charge on any atom is -0.463 e. The molecule has 0 radical (unpaired) electrons. The van der Waals surface area contributed by atoms with Crippen molar-refractivity contribution in [3.8, 4) is 0 Å². The SMILES string of the molecule is CC(C)OC(=O)CCNC(=O)c1ccc2ccccc2n1. The lowest BCUT2D eigenvalue weighted by Gasteiger charge is -2.08. The maximum Gasteiger partial charge on any atom is 0.307 e. The minimum absolute atomic E-state index is 0.143. The highest BCUT2D eigenvalue weighted by Gasteiger charge is 2.10. The van der Waals surface area contributed by atoms with Crippen LogP contribution in [0.5, 0.6) is 0 Å². The molecule has 2 rings (SSSR count). The summed E-state index contributed by atoms with van der Waals surface area (Å²) in [4.78, 5) is 27.6. The zero-order valence-electron chi connectivity index (χ0n) is 12.1. The van der Waals surface area contributed by atoms with Crippen molar-refractivity contribution < 1.29 is 14.3 Å². The van der Waals surface area contributed by atoms with Crippen LogP contribution in [0.15, 0.2) is 36.4 Å². The van der Waals surface area contributed by atoms with Gasteiger partial charge in [0.15, 0.2) is 0 Å². The third-order valence-corrected chi connectivity index (χ3v) is 2.81. The fourth-order valence-electron chi connectivity index (χ4n) is 1.88. The van der Waals surface area contributed by atoms with Gasteiger partial charge in [0.05, 0.1) is 18.0 Å². The number of carbonyl (C=O) groups is 2. The molecular weight excluding hydrogens is 268 g/mol. The second-order valence-electron chi connectivity index (χ2n) is 4.93. The van der Waals surface area contributed by atoms with Crippen LogP contribution in [0, 0.1) is 0 Å². The number of nitrogens with zero attached hydrogens (tertiary/aromatic N) is 1. The third kappa shape index (κ3) is 4.27. The van der Waals surface area contributed by atoms with Crippen molar-refractivity contribution in [3.63, 3.8) is 0 Å². The van der Waals surface area contributed by atoms with E-state index in [1.165, 1.54) is 0 Å². The first-order valence-electron chi connectivity index (χ1n) is 6.90. The van der Waals surface area contributed by atoms with E-state index in [0.29, 0.717) is 5.69 Å². The molecule has 110 valence electrons. The lowest BCUT2D eigenvalue weighted by molar-refractivity contribution is -0.147. The number of fused-ring (bicyclic) bond motifs is 1. The van der Waals surface area contributed by atoms with E-state index in [9.17, 15) is 9.59 Å². The van der Waals surface area contributed by atoms with Crippen LogP contribution in [0.1, 0.15) is 30.8 Å². The predicted molar refractivity (Wildman–Crippen MR) is 79.9 cm³/mol. The van der Waals surface area contributed by atoms with Gasteiger partial charge in [-0.25, -0.2) is 4.98 Å². The molecule has 1 aromatic heterocycles. The zero-order valence-corrected chi connectivity index (χ0v) is 12.1. The lowest BCUT2D eigenvalue weighted by Crippen LogP contribution is -2.27. The number of amides is 1. The molecule has 2 aromatic rings. The number of para-hydroxylation sites is 1. The second-order valence-corrected chi connectivity index (χ2v) is 4.93. The van der Waals surface area contributed by atoms with Crippen LogP contribution in [0.3, 0.4) is 0 Å². The molecule has 0 atom stereocenters. The van der Waals surface area contributed by atoms with Crippen LogP contribution in [-0.4, -0.2) is 29.5 Å². The van der Waals surface area contributed by atoms with E-state index >= 15 is 0 Å². The quantitative estimate of drug-likeness (QED) is 0.856. The van der Waals surface area contributed by atoms with Gasteiger partial charge in [-0.15, -0.1) is 0 Å². The van der Waals surface area contributed by atoms with Gasteiger partial charge >= 0.3 is 5.97 Å². The Bertz CT molecular complexity index is 653. The van der Waals surface area contributed by atoms with Crippen molar-refractivity contribution in [2.75, 3.05) is 6.54 Å². The number of carbonyl (C=O) groups excluding carboxylic acids is 2. The number of aromatic nitrogens is 1. The normalized spacial score (nSPS) is 10.6. The Kier molecular flexibility index (Phi) is 4.87. The van der Waals surface area contributed by atoms with E-state index in [-0.39, 0.29) is 30.9 Å². The number of rotatable bonds is 5. The lowest BCUT2D eigenvalue weighted by atomic mass is 10.2. The molecule has 1 heterocycles. The average Bonchev–Trinajstić information content (AvgIpc) is 2.45. The molecule has 5 nitrogen and oxygen atoms in total. The molecule has 0 aliphatic heterocycles. The zero-order chi connectivity index (χ0) is 15.2. The maximum atomic E-state index is 12.0. The molecule has 1 amide bonds. The van der Waals surface area contributed by atoms with Crippen LogP contribution >= 0.6 is 0 Å². The first-order valence-corrected chi connectivity index (χ1v) is 6.90. The molecule has 21 heavy (non-hydrogen) atoms. The van der Waals surface area contributed by atoms with Gasteiger partial charge < -0.3 is 10.1 Å². The van der Waals surface area contributed by atoms with E-state index in [0.717, 1.165) is 10.9 Å². The molecule has 0 bridgehead atoms. The Morgan fingerprint density at radius 2 is 1.95 bits per heavy atom. The maximum absolute atomic E-state index is 12.0. The third-order valence-electron chi connectivity index (χ3n) is 2.81. The molecule has 1 N–H and O–H groups in total. The Balaban J connectivity index is 1.91. The van der Waals surface area contributed by atoms with E-state index in [4.69, 9.17) is 4.74 Å². The van der Waals surface area contributed by atoms with Gasteiger partial charge in [0, 0.05) is 11.9 Å². The van der Waals surface area contributed by atoms with Crippen LogP contribution in [0.2, 0.25) is 0 Å². The number of hydrogen-bond acceptors (Lipinski definition) is 4. The van der Waals surface area contributed by atoms with E-state index in [1.54, 1.807) is 19.9 Å². The minimum atomic E-state index is -0.322. The van der Waals surface area contributed by atoms with Crippen LogP contribution in [-0.2, 0) is 9.53 Å². The number of hydrogen-bond donors (Lipinski definition) is 1. The first kappa shape index (κ1) is 15.0. The summed E-state index contributed by atoms with van der Waals surface area (Å²) in [7, 11) is 0. The van der Waals surface area contributed by atoms with Crippen molar-refractivity contribution in [1.29, 1.82) is 0 Å². The molecular formula is C16H18N2O3. The van der Waals surface area contributed by atoms with Crippen molar-refractivity contribution >= 4 is 22.8 Å². The smallest absolute Gasteiger partial charge is 0.307 e. The number of esters is 1. The fraction of sp³-hybridized carbons (Fsp3) is 0.312. The molecule has 0 aliphatic carbocycles. The Morgan fingerprint density at radius 1 is 1.19 bits per heavy atom. The fourth-order valence-corrected chi connectivity index (χ4v) is 1.88. The van der Waals surface area contributed by atoms with E-state index < -0.39 is 0 Å². The largest absolute Gasteiger partial charge is 0.463 e. The molecule has 0 unspecified atom stereocenters. The van der Waals surface area contributed by atoms with Gasteiger partial charge in [0.2, 0.25) is 0 Å². The Morgan fingerprint density at radius 3 is 2.71 bits per heavy atom. The second kappa shape index (κ2) is 6.83. The Hall–Kier alpha value is -2.43. The molecule has 5 heteroatoms. The van der Waals surface area contributed by atoms with Crippen molar-refractivity contribution in [1.82, 2.24) is 10.3 Å². The van der Waals surface area contributed by atoms with Gasteiger partial charge in [-0.3, -0.25) is 9.59 Å².